The zero-order valence-electron chi connectivity index (χ0n) is 13.0. The molecule has 0 aromatic heterocycles. The van der Waals surface area contributed by atoms with Gasteiger partial charge in [0.2, 0.25) is 0 Å². The van der Waals surface area contributed by atoms with Gasteiger partial charge in [-0.1, -0.05) is 30.3 Å². The topological polar surface area (TPSA) is 39.7 Å². The van der Waals surface area contributed by atoms with Crippen LogP contribution in [0, 0.1) is 0 Å². The number of hydrogen-bond acceptors (Lipinski definition) is 4. The van der Waals surface area contributed by atoms with Crippen molar-refractivity contribution in [3.8, 4) is 17.2 Å². The van der Waals surface area contributed by atoms with E-state index in [9.17, 15) is 0 Å². The van der Waals surface area contributed by atoms with Crippen LogP contribution in [0.25, 0.3) is 0 Å². The van der Waals surface area contributed by atoms with Crippen LogP contribution in [0.4, 0.5) is 0 Å². The van der Waals surface area contributed by atoms with Gasteiger partial charge in [0, 0.05) is 30.1 Å². The molecule has 0 saturated heterocycles. The van der Waals surface area contributed by atoms with Crippen molar-refractivity contribution in [2.24, 2.45) is 0 Å². The van der Waals surface area contributed by atoms with E-state index in [0.717, 1.165) is 42.4 Å². The van der Waals surface area contributed by atoms with Crippen LogP contribution in [0.1, 0.15) is 23.6 Å². The summed E-state index contributed by atoms with van der Waals surface area (Å²) in [6.45, 7) is 1.46. The highest BCUT2D eigenvalue weighted by Crippen LogP contribution is 2.34. The second kappa shape index (κ2) is 6.71. The van der Waals surface area contributed by atoms with E-state index in [0.29, 0.717) is 6.04 Å². The molecule has 0 amide bonds. The lowest BCUT2D eigenvalue weighted by atomic mass is 10.00. The van der Waals surface area contributed by atoms with E-state index >= 15 is 0 Å². The molecule has 2 aromatic rings. The molecule has 1 heterocycles. The lowest BCUT2D eigenvalue weighted by Crippen LogP contribution is -2.26. The molecule has 1 aliphatic rings. The summed E-state index contributed by atoms with van der Waals surface area (Å²) in [5, 5.41) is 3.60. The number of benzene rings is 2. The molecule has 1 N–H and O–H groups in total. The molecule has 116 valence electrons. The zero-order chi connectivity index (χ0) is 15.4. The summed E-state index contributed by atoms with van der Waals surface area (Å²) in [7, 11) is 3.33. The molecule has 4 nitrogen and oxygen atoms in total. The number of hydrogen-bond donors (Lipinski definition) is 1. The first-order chi connectivity index (χ1) is 10.8. The molecule has 0 aliphatic carbocycles. The van der Waals surface area contributed by atoms with Crippen LogP contribution >= 0.6 is 0 Å². The fourth-order valence-electron chi connectivity index (χ4n) is 2.88. The van der Waals surface area contributed by atoms with Crippen LogP contribution in [0.2, 0.25) is 0 Å². The lowest BCUT2D eigenvalue weighted by Gasteiger charge is -2.27. The molecule has 0 radical (unpaired) electrons. The van der Waals surface area contributed by atoms with Crippen molar-refractivity contribution in [1.29, 1.82) is 0 Å². The summed E-state index contributed by atoms with van der Waals surface area (Å²) >= 11 is 0. The van der Waals surface area contributed by atoms with Gasteiger partial charge in [-0.3, -0.25) is 0 Å². The third-order valence-corrected chi connectivity index (χ3v) is 3.98. The summed E-state index contributed by atoms with van der Waals surface area (Å²) in [4.78, 5) is 0. The average molecular weight is 299 g/mol. The fourth-order valence-corrected chi connectivity index (χ4v) is 2.88. The third kappa shape index (κ3) is 2.88. The van der Waals surface area contributed by atoms with Gasteiger partial charge >= 0.3 is 0 Å². The van der Waals surface area contributed by atoms with E-state index < -0.39 is 0 Å². The van der Waals surface area contributed by atoms with Crippen LogP contribution in [-0.4, -0.2) is 20.8 Å². The number of fused-ring (bicyclic) bond motifs is 1. The van der Waals surface area contributed by atoms with E-state index in [1.807, 2.05) is 30.3 Å². The first-order valence-electron chi connectivity index (χ1n) is 7.48. The lowest BCUT2D eigenvalue weighted by molar-refractivity contribution is 0.251. The summed E-state index contributed by atoms with van der Waals surface area (Å²) in [5.74, 6) is 2.52. The highest BCUT2D eigenvalue weighted by atomic mass is 16.5. The van der Waals surface area contributed by atoms with Gasteiger partial charge in [-0.15, -0.1) is 0 Å². The van der Waals surface area contributed by atoms with E-state index in [1.54, 1.807) is 14.2 Å². The van der Waals surface area contributed by atoms with E-state index in [1.165, 1.54) is 5.56 Å². The molecular weight excluding hydrogens is 278 g/mol. The molecule has 1 atom stereocenters. The van der Waals surface area contributed by atoms with Gasteiger partial charge in [0.25, 0.3) is 0 Å². The smallest absolute Gasteiger partial charge is 0.165 e. The van der Waals surface area contributed by atoms with Gasteiger partial charge in [0.15, 0.2) is 11.5 Å². The van der Waals surface area contributed by atoms with Crippen molar-refractivity contribution >= 4 is 0 Å². The van der Waals surface area contributed by atoms with Gasteiger partial charge in [0.1, 0.15) is 5.75 Å². The SMILES string of the molecule is COc1cccc(CNC2CCOc3ccccc32)c1OC. The van der Waals surface area contributed by atoms with Gasteiger partial charge in [-0.2, -0.15) is 0 Å². The summed E-state index contributed by atoms with van der Waals surface area (Å²) in [6.07, 6.45) is 0.962. The Kier molecular flexibility index (Phi) is 4.49. The molecule has 0 bridgehead atoms. The maximum absolute atomic E-state index is 5.70. The van der Waals surface area contributed by atoms with Crippen molar-refractivity contribution in [3.63, 3.8) is 0 Å². The van der Waals surface area contributed by atoms with Crippen LogP contribution in [0.5, 0.6) is 17.2 Å². The minimum Gasteiger partial charge on any atom is -0.493 e. The van der Waals surface area contributed by atoms with Gasteiger partial charge in [0.05, 0.1) is 20.8 Å². The summed E-state index contributed by atoms with van der Waals surface area (Å²) in [6, 6.07) is 14.4. The maximum atomic E-state index is 5.70. The van der Waals surface area contributed by atoms with Crippen molar-refractivity contribution in [2.75, 3.05) is 20.8 Å². The molecular formula is C18H21NO3. The second-order valence-corrected chi connectivity index (χ2v) is 5.26. The van der Waals surface area contributed by atoms with Gasteiger partial charge < -0.3 is 19.5 Å². The first kappa shape index (κ1) is 14.7. The van der Waals surface area contributed by atoms with Crippen molar-refractivity contribution in [3.05, 3.63) is 53.6 Å². The van der Waals surface area contributed by atoms with E-state index in [-0.39, 0.29) is 0 Å². The zero-order valence-corrected chi connectivity index (χ0v) is 13.0. The Balaban J connectivity index is 1.77. The molecule has 0 fully saturated rings. The number of para-hydroxylation sites is 2. The standard InChI is InChI=1S/C18H21NO3/c1-20-17-9-5-6-13(18(17)21-2)12-19-15-10-11-22-16-8-4-3-7-14(15)16/h3-9,15,19H,10-12H2,1-2H3. The van der Waals surface area contributed by atoms with Gasteiger partial charge in [-0.25, -0.2) is 0 Å². The van der Waals surface area contributed by atoms with E-state index in [4.69, 9.17) is 14.2 Å². The predicted octanol–water partition coefficient (Wildman–Crippen LogP) is 3.32. The Morgan fingerprint density at radius 3 is 2.77 bits per heavy atom. The minimum absolute atomic E-state index is 0.292. The Labute approximate surface area is 131 Å². The maximum Gasteiger partial charge on any atom is 0.165 e. The molecule has 22 heavy (non-hydrogen) atoms. The van der Waals surface area contributed by atoms with Crippen LogP contribution in [0.3, 0.4) is 0 Å². The van der Waals surface area contributed by atoms with Crippen LogP contribution in [-0.2, 0) is 6.54 Å². The van der Waals surface area contributed by atoms with Crippen molar-refractivity contribution in [2.45, 2.75) is 19.0 Å². The molecule has 1 aliphatic heterocycles. The summed E-state index contributed by atoms with van der Waals surface area (Å²) in [5.41, 5.74) is 2.31. The Bertz CT molecular complexity index is 642. The summed E-state index contributed by atoms with van der Waals surface area (Å²) < 4.78 is 16.5. The first-order valence-corrected chi connectivity index (χ1v) is 7.48. The number of ether oxygens (including phenoxy) is 3. The quantitative estimate of drug-likeness (QED) is 0.919. The average Bonchev–Trinajstić information content (AvgIpc) is 2.59. The number of rotatable bonds is 5. The highest BCUT2D eigenvalue weighted by Gasteiger charge is 2.21. The number of nitrogens with one attached hydrogen (secondary N) is 1. The van der Waals surface area contributed by atoms with Crippen LogP contribution in [0.15, 0.2) is 42.5 Å². The molecule has 3 rings (SSSR count). The largest absolute Gasteiger partial charge is 0.493 e. The monoisotopic (exact) mass is 299 g/mol. The Morgan fingerprint density at radius 1 is 1.09 bits per heavy atom. The predicted molar refractivity (Wildman–Crippen MR) is 85.7 cm³/mol. The molecule has 0 spiro atoms. The molecule has 1 unspecified atom stereocenters. The van der Waals surface area contributed by atoms with Crippen molar-refractivity contribution < 1.29 is 14.2 Å². The normalized spacial score (nSPS) is 16.5. The van der Waals surface area contributed by atoms with Crippen LogP contribution < -0.4 is 19.5 Å². The highest BCUT2D eigenvalue weighted by molar-refractivity contribution is 5.46. The van der Waals surface area contributed by atoms with Gasteiger partial charge in [-0.05, 0) is 12.1 Å². The fraction of sp³-hybridized carbons (Fsp3) is 0.333. The molecule has 2 aromatic carbocycles. The second-order valence-electron chi connectivity index (χ2n) is 5.26. The Morgan fingerprint density at radius 2 is 1.95 bits per heavy atom. The molecule has 4 heteroatoms. The Hall–Kier alpha value is -2.20. The molecule has 0 saturated carbocycles. The number of methoxy groups -OCH3 is 2. The minimum atomic E-state index is 0.292. The third-order valence-electron chi connectivity index (χ3n) is 3.98. The van der Waals surface area contributed by atoms with E-state index in [2.05, 4.69) is 17.4 Å². The van der Waals surface area contributed by atoms with Crippen molar-refractivity contribution in [1.82, 2.24) is 5.32 Å².